The lowest BCUT2D eigenvalue weighted by atomic mass is 10.00. The molecule has 1 aliphatic heterocycles. The van der Waals surface area contributed by atoms with Gasteiger partial charge in [0, 0.05) is 17.5 Å². The SMILES string of the molecule is CC[C@@H](C)N(CC(=O)N1CCc2sccc2[C@H]1COc1ccc(F)cc1)C(=O)c1ccccc1F. The summed E-state index contributed by atoms with van der Waals surface area (Å²) in [7, 11) is 0. The molecule has 2 heterocycles. The minimum atomic E-state index is -0.607. The summed E-state index contributed by atoms with van der Waals surface area (Å²) in [5.41, 5.74) is 0.975. The van der Waals surface area contributed by atoms with Crippen LogP contribution in [0.2, 0.25) is 0 Å². The first-order valence-corrected chi connectivity index (χ1v) is 12.6. The van der Waals surface area contributed by atoms with E-state index in [-0.39, 0.29) is 42.5 Å². The number of hydrogen-bond donors (Lipinski definition) is 0. The molecule has 5 nitrogen and oxygen atoms in total. The van der Waals surface area contributed by atoms with Crippen LogP contribution in [0.5, 0.6) is 5.75 Å². The minimum absolute atomic E-state index is 0.0458. The molecule has 0 bridgehead atoms. The summed E-state index contributed by atoms with van der Waals surface area (Å²) in [6, 6.07) is 13.0. The molecule has 0 saturated heterocycles. The molecule has 2 atom stereocenters. The number of fused-ring (bicyclic) bond motifs is 1. The highest BCUT2D eigenvalue weighted by Crippen LogP contribution is 2.34. The van der Waals surface area contributed by atoms with Gasteiger partial charge < -0.3 is 14.5 Å². The Bertz CT molecular complexity index is 1180. The highest BCUT2D eigenvalue weighted by Gasteiger charge is 2.34. The molecule has 2 aromatic carbocycles. The maximum absolute atomic E-state index is 14.4. The van der Waals surface area contributed by atoms with Crippen LogP contribution in [0.4, 0.5) is 8.78 Å². The van der Waals surface area contributed by atoms with Crippen LogP contribution in [0.1, 0.15) is 47.1 Å². The van der Waals surface area contributed by atoms with Crippen molar-refractivity contribution in [2.24, 2.45) is 0 Å². The Morgan fingerprint density at radius 3 is 2.60 bits per heavy atom. The number of rotatable bonds is 8. The Morgan fingerprint density at radius 1 is 1.14 bits per heavy atom. The van der Waals surface area contributed by atoms with Crippen LogP contribution >= 0.6 is 11.3 Å². The van der Waals surface area contributed by atoms with Crippen LogP contribution < -0.4 is 4.74 Å². The van der Waals surface area contributed by atoms with E-state index in [1.807, 2.05) is 25.3 Å². The lowest BCUT2D eigenvalue weighted by molar-refractivity contribution is -0.136. The maximum Gasteiger partial charge on any atom is 0.257 e. The number of thiophene rings is 1. The molecule has 1 aromatic heterocycles. The van der Waals surface area contributed by atoms with E-state index in [1.54, 1.807) is 34.4 Å². The second-order valence-corrected chi connectivity index (χ2v) is 9.59. The van der Waals surface area contributed by atoms with Crippen LogP contribution in [0.3, 0.4) is 0 Å². The van der Waals surface area contributed by atoms with Gasteiger partial charge in [-0.3, -0.25) is 9.59 Å². The van der Waals surface area contributed by atoms with Gasteiger partial charge >= 0.3 is 0 Å². The van der Waals surface area contributed by atoms with Crippen molar-refractivity contribution < 1.29 is 23.1 Å². The zero-order valence-corrected chi connectivity index (χ0v) is 20.6. The highest BCUT2D eigenvalue weighted by atomic mass is 32.1. The molecule has 0 aliphatic carbocycles. The van der Waals surface area contributed by atoms with Crippen molar-refractivity contribution in [1.82, 2.24) is 9.80 Å². The van der Waals surface area contributed by atoms with E-state index in [4.69, 9.17) is 4.74 Å². The predicted molar refractivity (Wildman–Crippen MR) is 132 cm³/mol. The van der Waals surface area contributed by atoms with Crippen LogP contribution in [-0.4, -0.2) is 47.4 Å². The number of nitrogens with zero attached hydrogens (tertiary/aromatic N) is 2. The van der Waals surface area contributed by atoms with Gasteiger partial charge in [0.1, 0.15) is 30.5 Å². The Labute approximate surface area is 207 Å². The van der Waals surface area contributed by atoms with Crippen molar-refractivity contribution in [3.05, 3.63) is 87.6 Å². The average molecular weight is 499 g/mol. The fourth-order valence-electron chi connectivity index (χ4n) is 4.25. The lowest BCUT2D eigenvalue weighted by Crippen LogP contribution is -2.50. The molecule has 0 radical (unpaired) electrons. The third-order valence-corrected chi connectivity index (χ3v) is 7.43. The molecule has 3 aromatic rings. The molecule has 0 unspecified atom stereocenters. The zero-order valence-electron chi connectivity index (χ0n) is 19.7. The second kappa shape index (κ2) is 11.0. The van der Waals surface area contributed by atoms with Crippen molar-refractivity contribution in [3.8, 4) is 5.75 Å². The van der Waals surface area contributed by atoms with Gasteiger partial charge in [0.25, 0.3) is 5.91 Å². The van der Waals surface area contributed by atoms with E-state index in [9.17, 15) is 18.4 Å². The topological polar surface area (TPSA) is 49.9 Å². The standard InChI is InChI=1S/C27H28F2N2O3S/c1-3-18(2)31(27(33)21-6-4-5-7-23(21)29)16-26(32)30-14-12-25-22(13-15-35-25)24(30)17-34-20-10-8-19(28)9-11-20/h4-11,13,15,18,24H,3,12,14,16-17H2,1-2H3/t18-,24-/m1/s1. The van der Waals surface area contributed by atoms with E-state index < -0.39 is 11.7 Å². The molecule has 0 fully saturated rings. The number of carbonyl (C=O) groups excluding carboxylic acids is 2. The molecule has 1 aliphatic rings. The van der Waals surface area contributed by atoms with Gasteiger partial charge in [0.05, 0.1) is 11.6 Å². The molecule has 35 heavy (non-hydrogen) atoms. The third-order valence-electron chi connectivity index (χ3n) is 6.43. The average Bonchev–Trinajstić information content (AvgIpc) is 3.35. The molecule has 0 N–H and O–H groups in total. The van der Waals surface area contributed by atoms with Crippen molar-refractivity contribution >= 4 is 23.2 Å². The minimum Gasteiger partial charge on any atom is -0.491 e. The Hall–Kier alpha value is -3.26. The molecule has 184 valence electrons. The molecule has 4 rings (SSSR count). The van der Waals surface area contributed by atoms with Crippen LogP contribution in [0.25, 0.3) is 0 Å². The summed E-state index contributed by atoms with van der Waals surface area (Å²) in [5, 5.41) is 2.00. The monoisotopic (exact) mass is 498 g/mol. The summed E-state index contributed by atoms with van der Waals surface area (Å²) in [6.07, 6.45) is 1.34. The maximum atomic E-state index is 14.4. The first-order valence-electron chi connectivity index (χ1n) is 11.7. The summed E-state index contributed by atoms with van der Waals surface area (Å²) in [6.45, 7) is 4.31. The van der Waals surface area contributed by atoms with Gasteiger partial charge in [-0.15, -0.1) is 11.3 Å². The predicted octanol–water partition coefficient (Wildman–Crippen LogP) is 5.47. The van der Waals surface area contributed by atoms with Crippen LogP contribution in [0.15, 0.2) is 60.0 Å². The summed E-state index contributed by atoms with van der Waals surface area (Å²) in [4.78, 5) is 31.2. The van der Waals surface area contributed by atoms with E-state index in [0.717, 1.165) is 12.0 Å². The van der Waals surface area contributed by atoms with Crippen molar-refractivity contribution in [1.29, 1.82) is 0 Å². The largest absolute Gasteiger partial charge is 0.491 e. The summed E-state index contributed by atoms with van der Waals surface area (Å²) < 4.78 is 33.6. The van der Waals surface area contributed by atoms with E-state index in [2.05, 4.69) is 0 Å². The van der Waals surface area contributed by atoms with E-state index in [0.29, 0.717) is 18.7 Å². The van der Waals surface area contributed by atoms with Crippen LogP contribution in [0, 0.1) is 11.6 Å². The van der Waals surface area contributed by atoms with Crippen molar-refractivity contribution in [2.45, 2.75) is 38.8 Å². The molecule has 0 spiro atoms. The van der Waals surface area contributed by atoms with Gasteiger partial charge in [0.2, 0.25) is 5.91 Å². The van der Waals surface area contributed by atoms with Gasteiger partial charge in [-0.1, -0.05) is 19.1 Å². The van der Waals surface area contributed by atoms with Crippen molar-refractivity contribution in [2.75, 3.05) is 19.7 Å². The molecule has 2 amide bonds. The molecular weight excluding hydrogens is 470 g/mol. The number of hydrogen-bond acceptors (Lipinski definition) is 4. The molecule has 0 saturated carbocycles. The fourth-order valence-corrected chi connectivity index (χ4v) is 5.18. The van der Waals surface area contributed by atoms with Gasteiger partial charge in [-0.25, -0.2) is 8.78 Å². The Balaban J connectivity index is 1.55. The first kappa shape index (κ1) is 24.9. The normalized spacial score (nSPS) is 15.9. The van der Waals surface area contributed by atoms with E-state index in [1.165, 1.54) is 40.1 Å². The second-order valence-electron chi connectivity index (χ2n) is 8.59. The molecular formula is C27H28F2N2O3S. The quantitative estimate of drug-likeness (QED) is 0.414. The Kier molecular flexibility index (Phi) is 7.80. The highest BCUT2D eigenvalue weighted by molar-refractivity contribution is 7.10. The third kappa shape index (κ3) is 5.53. The number of amides is 2. The first-order chi connectivity index (χ1) is 16.9. The lowest BCUT2D eigenvalue weighted by Gasteiger charge is -2.38. The van der Waals surface area contributed by atoms with Crippen molar-refractivity contribution in [3.63, 3.8) is 0 Å². The summed E-state index contributed by atoms with van der Waals surface area (Å²) in [5.74, 6) is -1.17. The number of halogens is 2. The number of carbonyl (C=O) groups is 2. The van der Waals surface area contributed by atoms with Gasteiger partial charge in [-0.05, 0) is 73.2 Å². The molecule has 8 heteroatoms. The van der Waals surface area contributed by atoms with Crippen LogP contribution in [-0.2, 0) is 11.2 Å². The number of ether oxygens (including phenoxy) is 1. The zero-order chi connectivity index (χ0) is 24.9. The Morgan fingerprint density at radius 2 is 1.89 bits per heavy atom. The fraction of sp³-hybridized carbons (Fsp3) is 0.333. The smallest absolute Gasteiger partial charge is 0.257 e. The summed E-state index contributed by atoms with van der Waals surface area (Å²) >= 11 is 1.64. The van der Waals surface area contributed by atoms with E-state index >= 15 is 0 Å². The van der Waals surface area contributed by atoms with Gasteiger partial charge in [0.15, 0.2) is 0 Å². The number of benzene rings is 2. The van der Waals surface area contributed by atoms with Gasteiger partial charge in [-0.2, -0.15) is 0 Å².